The molecule has 3 aromatic rings. The number of carbonyl (C=O) groups excluding carboxylic acids is 1. The number of thiazole rings is 1. The standard InChI is InChI=1S/C11H8N4O2S2/c1-6-12-7(5-19-6)10-14-15-11(17-10)13-9(16)8-3-2-4-18-8/h2-5H,1H3,(H,13,15,16). The molecule has 0 fully saturated rings. The normalized spacial score (nSPS) is 10.6. The molecule has 0 aliphatic rings. The molecule has 0 saturated heterocycles. The maximum absolute atomic E-state index is 11.8. The maximum atomic E-state index is 11.8. The van der Waals surface area contributed by atoms with Crippen LogP contribution in [0.4, 0.5) is 6.01 Å². The van der Waals surface area contributed by atoms with Gasteiger partial charge in [0.2, 0.25) is 0 Å². The van der Waals surface area contributed by atoms with Crippen LogP contribution >= 0.6 is 22.7 Å². The molecule has 0 aromatic carbocycles. The minimum atomic E-state index is -0.264. The third-order valence-corrected chi connectivity index (χ3v) is 3.87. The zero-order valence-electron chi connectivity index (χ0n) is 9.78. The number of thiophene rings is 1. The molecule has 0 saturated carbocycles. The summed E-state index contributed by atoms with van der Waals surface area (Å²) in [5.41, 5.74) is 0.617. The molecule has 1 amide bonds. The number of anilines is 1. The van der Waals surface area contributed by atoms with Crippen LogP contribution in [0, 0.1) is 6.92 Å². The minimum Gasteiger partial charge on any atom is -0.401 e. The number of nitrogens with zero attached hydrogens (tertiary/aromatic N) is 3. The van der Waals surface area contributed by atoms with Crippen LogP contribution in [0.15, 0.2) is 27.3 Å². The molecule has 0 aliphatic carbocycles. The second kappa shape index (κ2) is 4.90. The summed E-state index contributed by atoms with van der Waals surface area (Å²) in [7, 11) is 0. The SMILES string of the molecule is Cc1nc(-c2nnc(NC(=O)c3cccs3)o2)cs1. The Labute approximate surface area is 116 Å². The number of hydrogen-bond acceptors (Lipinski definition) is 7. The molecule has 3 rings (SSSR count). The lowest BCUT2D eigenvalue weighted by Crippen LogP contribution is -2.10. The predicted octanol–water partition coefficient (Wildman–Crippen LogP) is 2.82. The van der Waals surface area contributed by atoms with Crippen LogP contribution < -0.4 is 5.32 Å². The number of hydrogen-bond donors (Lipinski definition) is 1. The average molecular weight is 292 g/mol. The van der Waals surface area contributed by atoms with Crippen LogP contribution in [0.2, 0.25) is 0 Å². The fraction of sp³-hybridized carbons (Fsp3) is 0.0909. The second-order valence-electron chi connectivity index (χ2n) is 3.60. The van der Waals surface area contributed by atoms with Crippen molar-refractivity contribution < 1.29 is 9.21 Å². The van der Waals surface area contributed by atoms with Crippen molar-refractivity contribution in [1.82, 2.24) is 15.2 Å². The van der Waals surface area contributed by atoms with Gasteiger partial charge in [-0.1, -0.05) is 11.2 Å². The highest BCUT2D eigenvalue weighted by Gasteiger charge is 2.14. The summed E-state index contributed by atoms with van der Waals surface area (Å²) < 4.78 is 5.35. The van der Waals surface area contributed by atoms with Crippen LogP contribution in [0.3, 0.4) is 0 Å². The summed E-state index contributed by atoms with van der Waals surface area (Å²) in [6.45, 7) is 1.89. The molecule has 1 N–H and O–H groups in total. The van der Waals surface area contributed by atoms with Gasteiger partial charge < -0.3 is 4.42 Å². The van der Waals surface area contributed by atoms with Crippen LogP contribution in [0.1, 0.15) is 14.7 Å². The van der Waals surface area contributed by atoms with E-state index in [4.69, 9.17) is 4.42 Å². The summed E-state index contributed by atoms with van der Waals surface area (Å²) in [5, 5.41) is 14.7. The number of aromatic nitrogens is 3. The Morgan fingerprint density at radius 3 is 2.95 bits per heavy atom. The van der Waals surface area contributed by atoms with Crippen molar-refractivity contribution in [3.63, 3.8) is 0 Å². The molecule has 0 bridgehead atoms. The van der Waals surface area contributed by atoms with Crippen molar-refractivity contribution in [1.29, 1.82) is 0 Å². The van der Waals surface area contributed by atoms with Gasteiger partial charge in [-0.2, -0.15) is 0 Å². The first kappa shape index (κ1) is 12.0. The largest absolute Gasteiger partial charge is 0.401 e. The van der Waals surface area contributed by atoms with Crippen molar-refractivity contribution in [3.05, 3.63) is 32.8 Å². The van der Waals surface area contributed by atoms with E-state index in [1.807, 2.05) is 17.7 Å². The van der Waals surface area contributed by atoms with Crippen molar-refractivity contribution >= 4 is 34.6 Å². The highest BCUT2D eigenvalue weighted by Crippen LogP contribution is 2.22. The number of carbonyl (C=O) groups is 1. The molecule has 3 aromatic heterocycles. The van der Waals surface area contributed by atoms with Crippen molar-refractivity contribution in [2.24, 2.45) is 0 Å². The number of rotatable bonds is 3. The Kier molecular flexibility index (Phi) is 3.10. The van der Waals surface area contributed by atoms with E-state index in [1.54, 1.807) is 12.1 Å². The van der Waals surface area contributed by atoms with Crippen LogP contribution in [-0.4, -0.2) is 21.1 Å². The third-order valence-electron chi connectivity index (χ3n) is 2.23. The van der Waals surface area contributed by atoms with E-state index in [0.29, 0.717) is 16.5 Å². The number of aryl methyl sites for hydroxylation is 1. The van der Waals surface area contributed by atoms with Gasteiger partial charge in [0.1, 0.15) is 5.69 Å². The zero-order chi connectivity index (χ0) is 13.2. The number of nitrogens with one attached hydrogen (secondary N) is 1. The van der Waals surface area contributed by atoms with Gasteiger partial charge in [0.15, 0.2) is 0 Å². The lowest BCUT2D eigenvalue weighted by molar-refractivity contribution is 0.102. The summed E-state index contributed by atoms with van der Waals surface area (Å²) in [4.78, 5) is 16.6. The minimum absolute atomic E-state index is 0.0686. The lowest BCUT2D eigenvalue weighted by atomic mass is 10.4. The predicted molar refractivity (Wildman–Crippen MR) is 72.4 cm³/mol. The lowest BCUT2D eigenvalue weighted by Gasteiger charge is -1.95. The van der Waals surface area contributed by atoms with Crippen molar-refractivity contribution in [2.45, 2.75) is 6.92 Å². The Morgan fingerprint density at radius 2 is 2.26 bits per heavy atom. The third kappa shape index (κ3) is 2.54. The van der Waals surface area contributed by atoms with Crippen LogP contribution in [0.5, 0.6) is 0 Å². The van der Waals surface area contributed by atoms with E-state index in [-0.39, 0.29) is 11.9 Å². The van der Waals surface area contributed by atoms with Gasteiger partial charge in [-0.15, -0.1) is 27.8 Å². The van der Waals surface area contributed by atoms with Gasteiger partial charge in [-0.25, -0.2) is 4.98 Å². The van der Waals surface area contributed by atoms with Crippen LogP contribution in [-0.2, 0) is 0 Å². The fourth-order valence-electron chi connectivity index (χ4n) is 1.41. The van der Waals surface area contributed by atoms with E-state index in [2.05, 4.69) is 20.5 Å². The molecule has 6 nitrogen and oxygen atoms in total. The maximum Gasteiger partial charge on any atom is 0.322 e. The average Bonchev–Trinajstić information content (AvgIpc) is 3.07. The van der Waals surface area contributed by atoms with E-state index in [9.17, 15) is 4.79 Å². The molecule has 0 atom stereocenters. The van der Waals surface area contributed by atoms with Gasteiger partial charge in [-0.3, -0.25) is 10.1 Å². The van der Waals surface area contributed by atoms with Gasteiger partial charge in [0.05, 0.1) is 9.88 Å². The van der Waals surface area contributed by atoms with E-state index < -0.39 is 0 Å². The zero-order valence-corrected chi connectivity index (χ0v) is 11.4. The summed E-state index contributed by atoms with van der Waals surface area (Å²) in [6, 6.07) is 3.59. The van der Waals surface area contributed by atoms with E-state index in [0.717, 1.165) is 5.01 Å². The quantitative estimate of drug-likeness (QED) is 0.802. The second-order valence-corrected chi connectivity index (χ2v) is 5.61. The first-order chi connectivity index (χ1) is 9.22. The Bertz CT molecular complexity index is 702. The highest BCUT2D eigenvalue weighted by atomic mass is 32.1. The molecule has 19 heavy (non-hydrogen) atoms. The monoisotopic (exact) mass is 292 g/mol. The molecule has 8 heteroatoms. The summed E-state index contributed by atoms with van der Waals surface area (Å²) in [5.74, 6) is 0.0329. The van der Waals surface area contributed by atoms with Gasteiger partial charge in [-0.05, 0) is 18.4 Å². The summed E-state index contributed by atoms with van der Waals surface area (Å²) >= 11 is 2.84. The van der Waals surface area contributed by atoms with Crippen molar-refractivity contribution in [3.8, 4) is 11.6 Å². The van der Waals surface area contributed by atoms with E-state index in [1.165, 1.54) is 22.7 Å². The van der Waals surface area contributed by atoms with Crippen LogP contribution in [0.25, 0.3) is 11.6 Å². The molecule has 0 radical (unpaired) electrons. The molecule has 0 unspecified atom stereocenters. The molecule has 3 heterocycles. The smallest absolute Gasteiger partial charge is 0.322 e. The molecule has 0 aliphatic heterocycles. The molecular weight excluding hydrogens is 284 g/mol. The fourth-order valence-corrected chi connectivity index (χ4v) is 2.61. The molecule has 0 spiro atoms. The Hall–Kier alpha value is -2.06. The van der Waals surface area contributed by atoms with Gasteiger partial charge in [0, 0.05) is 5.38 Å². The molecular formula is C11H8N4O2S2. The first-order valence-electron chi connectivity index (χ1n) is 5.33. The Balaban J connectivity index is 1.77. The topological polar surface area (TPSA) is 80.9 Å². The van der Waals surface area contributed by atoms with Gasteiger partial charge in [0.25, 0.3) is 11.8 Å². The van der Waals surface area contributed by atoms with E-state index >= 15 is 0 Å². The first-order valence-corrected chi connectivity index (χ1v) is 7.09. The van der Waals surface area contributed by atoms with Gasteiger partial charge >= 0.3 is 6.01 Å². The highest BCUT2D eigenvalue weighted by molar-refractivity contribution is 7.12. The van der Waals surface area contributed by atoms with Crippen molar-refractivity contribution in [2.75, 3.05) is 5.32 Å². The Morgan fingerprint density at radius 1 is 1.37 bits per heavy atom. The summed E-state index contributed by atoms with van der Waals surface area (Å²) in [6.07, 6.45) is 0. The number of amides is 1. The molecule has 96 valence electrons.